The molecule has 2 saturated heterocycles. The summed E-state index contributed by atoms with van der Waals surface area (Å²) in [5, 5.41) is 10.6. The van der Waals surface area contributed by atoms with Crippen LogP contribution in [0.2, 0.25) is 0 Å². The van der Waals surface area contributed by atoms with Crippen molar-refractivity contribution < 1.29 is 14.6 Å². The van der Waals surface area contributed by atoms with Gasteiger partial charge in [0.2, 0.25) is 0 Å². The predicted octanol–water partition coefficient (Wildman–Crippen LogP) is 2.44. The second-order valence-electron chi connectivity index (χ2n) is 7.34. The van der Waals surface area contributed by atoms with Gasteiger partial charge in [0, 0.05) is 32.1 Å². The van der Waals surface area contributed by atoms with E-state index in [1.807, 2.05) is 20.8 Å². The standard InChI is InChI=1S/C16H30N2O3/c1-16(2,3)21-15(20)18-11-7-8-13(12-18)14(19)17-9-5-4-6-10-17/h13-14,19H,4-12H2,1-3H3. The summed E-state index contributed by atoms with van der Waals surface area (Å²) in [7, 11) is 0. The highest BCUT2D eigenvalue weighted by atomic mass is 16.6. The lowest BCUT2D eigenvalue weighted by Crippen LogP contribution is -2.51. The molecule has 0 aromatic rings. The number of piperidine rings is 2. The van der Waals surface area contributed by atoms with E-state index in [0.717, 1.165) is 32.5 Å². The number of rotatable bonds is 2. The zero-order valence-electron chi connectivity index (χ0n) is 13.7. The molecule has 0 radical (unpaired) electrons. The molecular weight excluding hydrogens is 268 g/mol. The van der Waals surface area contributed by atoms with Crippen LogP contribution in [-0.4, -0.2) is 59.0 Å². The molecule has 0 aliphatic carbocycles. The third-order valence-electron chi connectivity index (χ3n) is 4.30. The van der Waals surface area contributed by atoms with E-state index in [1.165, 1.54) is 19.3 Å². The molecule has 1 amide bonds. The van der Waals surface area contributed by atoms with Crippen LogP contribution in [0.3, 0.4) is 0 Å². The number of ether oxygens (including phenoxy) is 1. The van der Waals surface area contributed by atoms with Gasteiger partial charge in [-0.3, -0.25) is 4.90 Å². The third kappa shape index (κ3) is 4.85. The normalized spacial score (nSPS) is 26.5. The molecule has 2 fully saturated rings. The first kappa shape index (κ1) is 16.6. The van der Waals surface area contributed by atoms with Crippen molar-refractivity contribution in [3.63, 3.8) is 0 Å². The van der Waals surface area contributed by atoms with Crippen molar-refractivity contribution in [1.29, 1.82) is 0 Å². The lowest BCUT2D eigenvalue weighted by atomic mass is 9.94. The number of amides is 1. The maximum Gasteiger partial charge on any atom is 0.410 e. The molecule has 0 saturated carbocycles. The SMILES string of the molecule is CC(C)(C)OC(=O)N1CCCC(C(O)N2CCCCC2)C1. The lowest BCUT2D eigenvalue weighted by molar-refractivity contribution is -0.0697. The van der Waals surface area contributed by atoms with E-state index in [4.69, 9.17) is 4.74 Å². The number of carbonyl (C=O) groups excluding carboxylic acids is 1. The third-order valence-corrected chi connectivity index (χ3v) is 4.30. The Morgan fingerprint density at radius 1 is 1.14 bits per heavy atom. The van der Waals surface area contributed by atoms with Gasteiger partial charge in [-0.05, 0) is 46.5 Å². The monoisotopic (exact) mass is 298 g/mol. The first-order valence-corrected chi connectivity index (χ1v) is 8.27. The van der Waals surface area contributed by atoms with Crippen molar-refractivity contribution >= 4 is 6.09 Å². The number of hydrogen-bond donors (Lipinski definition) is 1. The molecule has 2 heterocycles. The fourth-order valence-corrected chi connectivity index (χ4v) is 3.23. The number of hydrogen-bond acceptors (Lipinski definition) is 4. The summed E-state index contributed by atoms with van der Waals surface area (Å²) in [5.41, 5.74) is -0.463. The molecule has 0 spiro atoms. The molecule has 2 atom stereocenters. The summed E-state index contributed by atoms with van der Waals surface area (Å²) in [6.07, 6.45) is 4.84. The molecule has 0 bridgehead atoms. The molecule has 1 N–H and O–H groups in total. The number of nitrogens with zero attached hydrogens (tertiary/aromatic N) is 2. The molecule has 0 aromatic heterocycles. The molecule has 2 unspecified atom stereocenters. The van der Waals surface area contributed by atoms with Crippen LogP contribution in [-0.2, 0) is 4.74 Å². The minimum absolute atomic E-state index is 0.143. The van der Waals surface area contributed by atoms with Crippen LogP contribution in [0.25, 0.3) is 0 Å². The molecular formula is C16H30N2O3. The van der Waals surface area contributed by atoms with E-state index in [-0.39, 0.29) is 12.0 Å². The Balaban J connectivity index is 1.89. The maximum atomic E-state index is 12.2. The van der Waals surface area contributed by atoms with Crippen molar-refractivity contribution in [3.05, 3.63) is 0 Å². The molecule has 122 valence electrons. The van der Waals surface area contributed by atoms with Gasteiger partial charge in [0.1, 0.15) is 11.8 Å². The van der Waals surface area contributed by atoms with Gasteiger partial charge >= 0.3 is 6.09 Å². The average molecular weight is 298 g/mol. The first-order chi connectivity index (χ1) is 9.87. The Kier molecular flexibility index (Phi) is 5.49. The number of likely N-dealkylation sites (tertiary alicyclic amines) is 2. The lowest BCUT2D eigenvalue weighted by Gasteiger charge is -2.40. The molecule has 5 nitrogen and oxygen atoms in total. The molecule has 21 heavy (non-hydrogen) atoms. The van der Waals surface area contributed by atoms with E-state index < -0.39 is 11.8 Å². The number of aliphatic hydroxyl groups excluding tert-OH is 1. The van der Waals surface area contributed by atoms with E-state index in [9.17, 15) is 9.90 Å². The highest BCUT2D eigenvalue weighted by Crippen LogP contribution is 2.25. The fraction of sp³-hybridized carbons (Fsp3) is 0.938. The van der Waals surface area contributed by atoms with Crippen LogP contribution in [0.5, 0.6) is 0 Å². The second kappa shape index (κ2) is 6.97. The van der Waals surface area contributed by atoms with Crippen LogP contribution < -0.4 is 0 Å². The number of carbonyl (C=O) groups is 1. The van der Waals surface area contributed by atoms with Gasteiger partial charge in [0.05, 0.1) is 0 Å². The van der Waals surface area contributed by atoms with E-state index in [2.05, 4.69) is 4.90 Å². The van der Waals surface area contributed by atoms with Gasteiger partial charge in [-0.1, -0.05) is 6.42 Å². The zero-order chi connectivity index (χ0) is 15.5. The molecule has 5 heteroatoms. The minimum atomic E-state index is -0.463. The van der Waals surface area contributed by atoms with E-state index >= 15 is 0 Å². The van der Waals surface area contributed by atoms with Gasteiger partial charge in [-0.2, -0.15) is 0 Å². The molecule has 2 rings (SSSR count). The van der Waals surface area contributed by atoms with E-state index in [1.54, 1.807) is 4.90 Å². The highest BCUT2D eigenvalue weighted by molar-refractivity contribution is 5.68. The summed E-state index contributed by atoms with van der Waals surface area (Å²) in [6, 6.07) is 0. The average Bonchev–Trinajstić information content (AvgIpc) is 2.46. The molecule has 2 aliphatic heterocycles. The fourth-order valence-electron chi connectivity index (χ4n) is 3.23. The Bertz CT molecular complexity index is 348. The summed E-state index contributed by atoms with van der Waals surface area (Å²) in [6.45, 7) is 8.94. The van der Waals surface area contributed by atoms with Crippen molar-refractivity contribution in [2.75, 3.05) is 26.2 Å². The van der Waals surface area contributed by atoms with Crippen molar-refractivity contribution in [1.82, 2.24) is 9.80 Å². The topological polar surface area (TPSA) is 53.0 Å². The van der Waals surface area contributed by atoms with Gasteiger partial charge in [0.15, 0.2) is 0 Å². The van der Waals surface area contributed by atoms with Crippen LogP contribution in [0.1, 0.15) is 52.9 Å². The molecule has 0 aromatic carbocycles. The van der Waals surface area contributed by atoms with Gasteiger partial charge in [-0.15, -0.1) is 0 Å². The van der Waals surface area contributed by atoms with Crippen molar-refractivity contribution in [3.8, 4) is 0 Å². The predicted molar refractivity (Wildman–Crippen MR) is 82.0 cm³/mol. The van der Waals surface area contributed by atoms with Crippen molar-refractivity contribution in [2.24, 2.45) is 5.92 Å². The van der Waals surface area contributed by atoms with Crippen LogP contribution in [0.4, 0.5) is 4.79 Å². The zero-order valence-corrected chi connectivity index (χ0v) is 13.7. The van der Waals surface area contributed by atoms with Crippen molar-refractivity contribution in [2.45, 2.75) is 64.7 Å². The smallest absolute Gasteiger partial charge is 0.410 e. The van der Waals surface area contributed by atoms with Crippen LogP contribution in [0, 0.1) is 5.92 Å². The largest absolute Gasteiger partial charge is 0.444 e. The summed E-state index contributed by atoms with van der Waals surface area (Å²) >= 11 is 0. The second-order valence-corrected chi connectivity index (χ2v) is 7.34. The van der Waals surface area contributed by atoms with Crippen LogP contribution >= 0.6 is 0 Å². The van der Waals surface area contributed by atoms with Gasteiger partial charge in [-0.25, -0.2) is 4.79 Å². The minimum Gasteiger partial charge on any atom is -0.444 e. The Morgan fingerprint density at radius 3 is 2.43 bits per heavy atom. The Morgan fingerprint density at radius 2 is 1.81 bits per heavy atom. The Labute approximate surface area is 128 Å². The number of aliphatic hydroxyl groups is 1. The first-order valence-electron chi connectivity index (χ1n) is 8.27. The molecule has 2 aliphatic rings. The quantitative estimate of drug-likeness (QED) is 0.851. The Hall–Kier alpha value is -0.810. The summed E-state index contributed by atoms with van der Waals surface area (Å²) in [5.74, 6) is 0.143. The van der Waals surface area contributed by atoms with Gasteiger partial charge in [0.25, 0.3) is 0 Å². The van der Waals surface area contributed by atoms with Gasteiger partial charge < -0.3 is 14.7 Å². The summed E-state index contributed by atoms with van der Waals surface area (Å²) < 4.78 is 5.44. The van der Waals surface area contributed by atoms with E-state index in [0.29, 0.717) is 6.54 Å². The summed E-state index contributed by atoms with van der Waals surface area (Å²) in [4.78, 5) is 16.1. The van der Waals surface area contributed by atoms with Crippen LogP contribution in [0.15, 0.2) is 0 Å². The highest BCUT2D eigenvalue weighted by Gasteiger charge is 2.33. The maximum absolute atomic E-state index is 12.2.